The Morgan fingerprint density at radius 2 is 2.05 bits per heavy atom. The van der Waals surface area contributed by atoms with Gasteiger partial charge in [0.2, 0.25) is 0 Å². The Labute approximate surface area is 115 Å². The zero-order valence-corrected chi connectivity index (χ0v) is 11.4. The van der Waals surface area contributed by atoms with Crippen LogP contribution in [-0.2, 0) is 7.05 Å². The van der Waals surface area contributed by atoms with Crippen LogP contribution in [0, 0.1) is 6.92 Å². The fraction of sp³-hybridized carbons (Fsp3) is 0.143. The van der Waals surface area contributed by atoms with E-state index in [1.807, 2.05) is 6.92 Å². The van der Waals surface area contributed by atoms with E-state index >= 15 is 0 Å². The number of amides is 1. The highest BCUT2D eigenvalue weighted by Gasteiger charge is 2.12. The summed E-state index contributed by atoms with van der Waals surface area (Å²) < 4.78 is 1.36. The molecule has 0 saturated carbocycles. The van der Waals surface area contributed by atoms with Crippen molar-refractivity contribution in [2.45, 2.75) is 6.92 Å². The lowest BCUT2D eigenvalue weighted by atomic mass is 10.2. The molecule has 1 heterocycles. The van der Waals surface area contributed by atoms with Crippen molar-refractivity contribution in [2.24, 2.45) is 7.05 Å². The Morgan fingerprint density at radius 1 is 1.32 bits per heavy atom. The zero-order valence-electron chi connectivity index (χ0n) is 10.6. The molecule has 1 aromatic carbocycles. The topological polar surface area (TPSA) is 51.1 Å². The van der Waals surface area contributed by atoms with E-state index in [2.05, 4.69) is 5.32 Å². The Kier molecular flexibility index (Phi) is 3.71. The van der Waals surface area contributed by atoms with Gasteiger partial charge in [0.15, 0.2) is 0 Å². The predicted molar refractivity (Wildman–Crippen MR) is 75.8 cm³/mol. The predicted octanol–water partition coefficient (Wildman–Crippen LogP) is 2.60. The second-order valence-electron chi connectivity index (χ2n) is 4.25. The van der Waals surface area contributed by atoms with E-state index in [1.54, 1.807) is 37.5 Å². The van der Waals surface area contributed by atoms with Crippen molar-refractivity contribution in [3.05, 3.63) is 63.0 Å². The standard InChI is InChI=1S/C14H13ClN2O2/c1-9-8-10(15)5-6-12(9)16-13(18)11-4-3-7-17(2)14(11)19/h3-8H,1-2H3,(H,16,18). The first-order chi connectivity index (χ1) is 8.99. The minimum Gasteiger partial charge on any atom is -0.322 e. The third kappa shape index (κ3) is 2.85. The molecule has 0 aliphatic rings. The molecule has 0 unspecified atom stereocenters. The smallest absolute Gasteiger partial charge is 0.263 e. The largest absolute Gasteiger partial charge is 0.322 e. The Morgan fingerprint density at radius 3 is 2.74 bits per heavy atom. The quantitative estimate of drug-likeness (QED) is 0.917. The molecule has 5 heteroatoms. The van der Waals surface area contributed by atoms with E-state index in [4.69, 9.17) is 11.6 Å². The lowest BCUT2D eigenvalue weighted by Crippen LogP contribution is -2.27. The highest BCUT2D eigenvalue weighted by Crippen LogP contribution is 2.19. The molecule has 0 aliphatic heterocycles. The van der Waals surface area contributed by atoms with Gasteiger partial charge in [-0.05, 0) is 42.8 Å². The summed E-state index contributed by atoms with van der Waals surface area (Å²) in [6.45, 7) is 1.84. The fourth-order valence-corrected chi connectivity index (χ4v) is 1.95. The van der Waals surface area contributed by atoms with E-state index in [9.17, 15) is 9.59 Å². The monoisotopic (exact) mass is 276 g/mol. The number of hydrogen-bond donors (Lipinski definition) is 1. The van der Waals surface area contributed by atoms with Crippen molar-refractivity contribution >= 4 is 23.2 Å². The molecule has 0 saturated heterocycles. The maximum absolute atomic E-state index is 12.1. The average Bonchev–Trinajstić information content (AvgIpc) is 2.36. The Bertz CT molecular complexity index is 692. The molecule has 0 fully saturated rings. The van der Waals surface area contributed by atoms with Crippen LogP contribution in [-0.4, -0.2) is 10.5 Å². The van der Waals surface area contributed by atoms with Crippen molar-refractivity contribution in [2.75, 3.05) is 5.32 Å². The van der Waals surface area contributed by atoms with Gasteiger partial charge in [-0.2, -0.15) is 0 Å². The molecule has 4 nitrogen and oxygen atoms in total. The number of pyridine rings is 1. The van der Waals surface area contributed by atoms with E-state index < -0.39 is 5.91 Å². The van der Waals surface area contributed by atoms with E-state index in [0.717, 1.165) is 5.56 Å². The molecule has 19 heavy (non-hydrogen) atoms. The van der Waals surface area contributed by atoms with Crippen molar-refractivity contribution in [3.63, 3.8) is 0 Å². The summed E-state index contributed by atoms with van der Waals surface area (Å²) in [4.78, 5) is 23.9. The molecule has 2 rings (SSSR count). The van der Waals surface area contributed by atoms with Gasteiger partial charge < -0.3 is 9.88 Å². The minimum absolute atomic E-state index is 0.111. The first kappa shape index (κ1) is 13.4. The van der Waals surface area contributed by atoms with Crippen LogP contribution in [0.1, 0.15) is 15.9 Å². The molecular formula is C14H13ClN2O2. The van der Waals surface area contributed by atoms with Crippen LogP contribution in [0.3, 0.4) is 0 Å². The second kappa shape index (κ2) is 5.28. The molecule has 0 spiro atoms. The summed E-state index contributed by atoms with van der Waals surface area (Å²) in [6, 6.07) is 8.31. The third-order valence-electron chi connectivity index (χ3n) is 2.80. The molecule has 0 atom stereocenters. The molecule has 0 bridgehead atoms. The van der Waals surface area contributed by atoms with Crippen LogP contribution in [0.15, 0.2) is 41.3 Å². The van der Waals surface area contributed by atoms with Crippen molar-refractivity contribution in [1.82, 2.24) is 4.57 Å². The van der Waals surface area contributed by atoms with Crippen LogP contribution < -0.4 is 10.9 Å². The normalized spacial score (nSPS) is 10.3. The van der Waals surface area contributed by atoms with E-state index in [0.29, 0.717) is 10.7 Å². The third-order valence-corrected chi connectivity index (χ3v) is 3.04. The molecule has 1 amide bonds. The van der Waals surface area contributed by atoms with Gasteiger partial charge >= 0.3 is 0 Å². The number of nitrogens with one attached hydrogen (secondary N) is 1. The van der Waals surface area contributed by atoms with Crippen LogP contribution >= 0.6 is 11.6 Å². The number of benzene rings is 1. The summed E-state index contributed by atoms with van der Waals surface area (Å²) in [6.07, 6.45) is 1.60. The molecule has 98 valence electrons. The number of rotatable bonds is 2. The number of carbonyl (C=O) groups excluding carboxylic acids is 1. The molecule has 2 aromatic rings. The average molecular weight is 277 g/mol. The first-order valence-electron chi connectivity index (χ1n) is 5.72. The lowest BCUT2D eigenvalue weighted by molar-refractivity contribution is 0.102. The van der Waals surface area contributed by atoms with Gasteiger partial charge in [-0.15, -0.1) is 0 Å². The number of carbonyl (C=O) groups is 1. The van der Waals surface area contributed by atoms with Crippen molar-refractivity contribution in [1.29, 1.82) is 0 Å². The van der Waals surface area contributed by atoms with Gasteiger partial charge in [-0.25, -0.2) is 0 Å². The number of hydrogen-bond acceptors (Lipinski definition) is 2. The van der Waals surface area contributed by atoms with Gasteiger partial charge in [0.05, 0.1) is 0 Å². The fourth-order valence-electron chi connectivity index (χ4n) is 1.73. The van der Waals surface area contributed by atoms with Gasteiger partial charge in [-0.3, -0.25) is 9.59 Å². The summed E-state index contributed by atoms with van der Waals surface area (Å²) in [5.74, 6) is -0.424. The highest BCUT2D eigenvalue weighted by molar-refractivity contribution is 6.30. The number of anilines is 1. The van der Waals surface area contributed by atoms with E-state index in [-0.39, 0.29) is 11.1 Å². The van der Waals surface area contributed by atoms with Gasteiger partial charge in [0.1, 0.15) is 5.56 Å². The van der Waals surface area contributed by atoms with E-state index in [1.165, 1.54) is 10.6 Å². The minimum atomic E-state index is -0.424. The molecule has 1 N–H and O–H groups in total. The van der Waals surface area contributed by atoms with Crippen molar-refractivity contribution in [3.8, 4) is 0 Å². The summed E-state index contributed by atoms with van der Waals surface area (Å²) >= 11 is 5.85. The highest BCUT2D eigenvalue weighted by atomic mass is 35.5. The van der Waals surface area contributed by atoms with Crippen LogP contribution in [0.4, 0.5) is 5.69 Å². The maximum atomic E-state index is 12.1. The lowest BCUT2D eigenvalue weighted by Gasteiger charge is -2.09. The zero-order chi connectivity index (χ0) is 14.0. The van der Waals surface area contributed by atoms with Crippen LogP contribution in [0.2, 0.25) is 5.02 Å². The van der Waals surface area contributed by atoms with Crippen LogP contribution in [0.25, 0.3) is 0 Å². The van der Waals surface area contributed by atoms with Crippen molar-refractivity contribution < 1.29 is 4.79 Å². The van der Waals surface area contributed by atoms with Gasteiger partial charge in [0, 0.05) is 24.0 Å². The summed E-state index contributed by atoms with van der Waals surface area (Å²) in [7, 11) is 1.60. The number of aryl methyl sites for hydroxylation is 2. The molecule has 0 radical (unpaired) electrons. The maximum Gasteiger partial charge on any atom is 0.263 e. The number of nitrogens with zero attached hydrogens (tertiary/aromatic N) is 1. The molecule has 0 aliphatic carbocycles. The van der Waals surface area contributed by atoms with Gasteiger partial charge in [0.25, 0.3) is 11.5 Å². The Balaban J connectivity index is 2.31. The first-order valence-corrected chi connectivity index (χ1v) is 6.10. The SMILES string of the molecule is Cc1cc(Cl)ccc1NC(=O)c1cccn(C)c1=O. The van der Waals surface area contributed by atoms with Gasteiger partial charge in [-0.1, -0.05) is 11.6 Å². The van der Waals surface area contributed by atoms with Crippen LogP contribution in [0.5, 0.6) is 0 Å². The number of halogens is 1. The molecular weight excluding hydrogens is 264 g/mol. The second-order valence-corrected chi connectivity index (χ2v) is 4.69. The number of aromatic nitrogens is 1. The molecule has 1 aromatic heterocycles. The summed E-state index contributed by atoms with van der Waals surface area (Å²) in [5.41, 5.74) is 1.26. The summed E-state index contributed by atoms with van der Waals surface area (Å²) in [5, 5.41) is 3.31. The Hall–Kier alpha value is -2.07.